The second kappa shape index (κ2) is 5.96. The van der Waals surface area contributed by atoms with Crippen molar-refractivity contribution < 1.29 is 4.74 Å². The molecule has 0 aliphatic carbocycles. The van der Waals surface area contributed by atoms with Gasteiger partial charge in [-0.25, -0.2) is 0 Å². The Morgan fingerprint density at radius 3 is 2.94 bits per heavy atom. The van der Waals surface area contributed by atoms with Crippen molar-refractivity contribution in [2.24, 2.45) is 5.92 Å². The van der Waals surface area contributed by atoms with E-state index in [0.717, 1.165) is 24.2 Å². The zero-order valence-corrected chi connectivity index (χ0v) is 13.1. The van der Waals surface area contributed by atoms with Gasteiger partial charge < -0.3 is 10.1 Å². The molecule has 0 aromatic carbocycles. The maximum Gasteiger partial charge on any atom is 0.0843 e. The minimum Gasteiger partial charge on any atom is -0.378 e. The van der Waals surface area contributed by atoms with Crippen LogP contribution < -0.4 is 5.32 Å². The van der Waals surface area contributed by atoms with Crippen LogP contribution in [0.15, 0.2) is 14.3 Å². The van der Waals surface area contributed by atoms with Gasteiger partial charge in [0.2, 0.25) is 0 Å². The molecule has 1 aliphatic heterocycles. The lowest BCUT2D eigenvalue weighted by molar-refractivity contribution is 0.105. The molecule has 90 valence electrons. The molecule has 2 nitrogen and oxygen atoms in total. The van der Waals surface area contributed by atoms with Gasteiger partial charge in [0, 0.05) is 29.0 Å². The highest BCUT2D eigenvalue weighted by Crippen LogP contribution is 2.32. The van der Waals surface area contributed by atoms with Crippen LogP contribution >= 0.6 is 43.2 Å². The Morgan fingerprint density at radius 1 is 1.56 bits per heavy atom. The van der Waals surface area contributed by atoms with Crippen LogP contribution in [0, 0.1) is 5.92 Å². The number of ether oxygens (including phenoxy) is 1. The second-order valence-electron chi connectivity index (χ2n) is 4.09. The summed E-state index contributed by atoms with van der Waals surface area (Å²) in [5, 5.41) is 3.50. The summed E-state index contributed by atoms with van der Waals surface area (Å²) < 4.78 is 7.85. The topological polar surface area (TPSA) is 21.3 Å². The van der Waals surface area contributed by atoms with Gasteiger partial charge in [-0.05, 0) is 57.2 Å². The average Bonchev–Trinajstić information content (AvgIpc) is 2.76. The van der Waals surface area contributed by atoms with Crippen molar-refractivity contribution >= 4 is 43.2 Å². The van der Waals surface area contributed by atoms with E-state index < -0.39 is 0 Å². The molecule has 2 heterocycles. The minimum atomic E-state index is 0.411. The van der Waals surface area contributed by atoms with Gasteiger partial charge in [0.05, 0.1) is 9.89 Å². The third-order valence-electron chi connectivity index (χ3n) is 2.94. The van der Waals surface area contributed by atoms with Gasteiger partial charge in [-0.2, -0.15) is 0 Å². The summed E-state index contributed by atoms with van der Waals surface area (Å²) in [5.74, 6) is 0.673. The summed E-state index contributed by atoms with van der Waals surface area (Å²) in [5.41, 5.74) is 0. The summed E-state index contributed by atoms with van der Waals surface area (Å²) in [4.78, 5) is 1.35. The molecular formula is C11H15Br2NOS. The van der Waals surface area contributed by atoms with Gasteiger partial charge in [0.15, 0.2) is 0 Å². The van der Waals surface area contributed by atoms with E-state index in [-0.39, 0.29) is 0 Å². The van der Waals surface area contributed by atoms with Crippen molar-refractivity contribution in [1.29, 1.82) is 0 Å². The molecule has 1 aromatic heterocycles. The van der Waals surface area contributed by atoms with E-state index in [0.29, 0.717) is 12.0 Å². The number of hydrogen-bond donors (Lipinski definition) is 1. The van der Waals surface area contributed by atoms with Crippen LogP contribution in [0.1, 0.15) is 18.2 Å². The van der Waals surface area contributed by atoms with Gasteiger partial charge >= 0.3 is 0 Å². The van der Waals surface area contributed by atoms with E-state index in [1.807, 2.05) is 0 Å². The van der Waals surface area contributed by atoms with Gasteiger partial charge in [-0.15, -0.1) is 11.3 Å². The van der Waals surface area contributed by atoms with E-state index in [1.54, 1.807) is 11.3 Å². The predicted octanol–water partition coefficient (Wildman–Crippen LogP) is 3.79. The maximum atomic E-state index is 5.54. The van der Waals surface area contributed by atoms with Gasteiger partial charge in [-0.3, -0.25) is 0 Å². The Bertz CT molecular complexity index is 336. The smallest absolute Gasteiger partial charge is 0.0843 e. The first-order valence-electron chi connectivity index (χ1n) is 5.43. The summed E-state index contributed by atoms with van der Waals surface area (Å²) >= 11 is 8.78. The van der Waals surface area contributed by atoms with Crippen LogP contribution in [0.3, 0.4) is 0 Å². The molecule has 2 atom stereocenters. The Morgan fingerprint density at radius 2 is 2.38 bits per heavy atom. The van der Waals surface area contributed by atoms with Crippen LogP contribution in [-0.2, 0) is 11.3 Å². The Labute approximate surface area is 117 Å². The monoisotopic (exact) mass is 367 g/mol. The van der Waals surface area contributed by atoms with Crippen LogP contribution in [0.25, 0.3) is 0 Å². The largest absolute Gasteiger partial charge is 0.378 e. The quantitative estimate of drug-likeness (QED) is 0.872. The van der Waals surface area contributed by atoms with Crippen LogP contribution in [0.5, 0.6) is 0 Å². The molecule has 0 bridgehead atoms. The van der Waals surface area contributed by atoms with Crippen molar-refractivity contribution in [2.45, 2.75) is 26.0 Å². The molecule has 1 N–H and O–H groups in total. The minimum absolute atomic E-state index is 0.411. The third kappa shape index (κ3) is 3.29. The number of halogens is 2. The third-order valence-corrected chi connectivity index (χ3v) is 6.19. The van der Waals surface area contributed by atoms with Gasteiger partial charge in [0.25, 0.3) is 0 Å². The first-order valence-corrected chi connectivity index (χ1v) is 7.83. The number of nitrogens with one attached hydrogen (secondary N) is 1. The average molecular weight is 369 g/mol. The second-order valence-corrected chi connectivity index (χ2v) is 7.40. The van der Waals surface area contributed by atoms with E-state index in [4.69, 9.17) is 4.74 Å². The first kappa shape index (κ1) is 13.0. The van der Waals surface area contributed by atoms with Crippen LogP contribution in [0.2, 0.25) is 0 Å². The van der Waals surface area contributed by atoms with Crippen molar-refractivity contribution in [2.75, 3.05) is 13.2 Å². The number of hydrogen-bond acceptors (Lipinski definition) is 3. The molecule has 2 unspecified atom stereocenters. The zero-order chi connectivity index (χ0) is 11.5. The summed E-state index contributed by atoms with van der Waals surface area (Å²) in [7, 11) is 0. The number of thiophene rings is 1. The summed E-state index contributed by atoms with van der Waals surface area (Å²) in [6.45, 7) is 5.08. The molecule has 5 heteroatoms. The van der Waals surface area contributed by atoms with Crippen molar-refractivity contribution in [1.82, 2.24) is 5.32 Å². The molecular weight excluding hydrogens is 354 g/mol. The lowest BCUT2D eigenvalue weighted by Crippen LogP contribution is -2.26. The highest BCUT2D eigenvalue weighted by Gasteiger charge is 2.23. The fraction of sp³-hybridized carbons (Fsp3) is 0.636. The van der Waals surface area contributed by atoms with E-state index in [2.05, 4.69) is 50.2 Å². The highest BCUT2D eigenvalue weighted by molar-refractivity contribution is 9.13. The standard InChI is InChI=1S/C11H15Br2NOS/c1-7-8(2-3-15-7)5-14-6-9-4-10(12)11(13)16-9/h4,7-8,14H,2-3,5-6H2,1H3. The SMILES string of the molecule is CC1OCCC1CNCc1cc(Br)c(Br)s1. The zero-order valence-electron chi connectivity index (χ0n) is 9.13. The molecule has 2 rings (SSSR count). The van der Waals surface area contributed by atoms with Crippen molar-refractivity contribution in [3.63, 3.8) is 0 Å². The van der Waals surface area contributed by atoms with Crippen LogP contribution in [-0.4, -0.2) is 19.3 Å². The first-order chi connectivity index (χ1) is 7.66. The molecule has 0 radical (unpaired) electrons. The maximum absolute atomic E-state index is 5.54. The summed E-state index contributed by atoms with van der Waals surface area (Å²) in [6.07, 6.45) is 1.60. The molecule has 1 aliphatic rings. The van der Waals surface area contributed by atoms with Gasteiger partial charge in [-0.1, -0.05) is 0 Å². The fourth-order valence-electron chi connectivity index (χ4n) is 1.90. The Balaban J connectivity index is 1.75. The molecule has 1 saturated heterocycles. The van der Waals surface area contributed by atoms with E-state index in [1.165, 1.54) is 15.1 Å². The van der Waals surface area contributed by atoms with Crippen LogP contribution in [0.4, 0.5) is 0 Å². The van der Waals surface area contributed by atoms with E-state index >= 15 is 0 Å². The Kier molecular flexibility index (Phi) is 4.85. The molecule has 0 amide bonds. The van der Waals surface area contributed by atoms with Gasteiger partial charge in [0.1, 0.15) is 0 Å². The molecule has 0 spiro atoms. The lowest BCUT2D eigenvalue weighted by Gasteiger charge is -2.14. The van der Waals surface area contributed by atoms with Crippen molar-refractivity contribution in [3.05, 3.63) is 19.2 Å². The fourth-order valence-corrected chi connectivity index (χ4v) is 4.05. The highest BCUT2D eigenvalue weighted by atomic mass is 79.9. The van der Waals surface area contributed by atoms with E-state index in [9.17, 15) is 0 Å². The predicted molar refractivity (Wildman–Crippen MR) is 74.9 cm³/mol. The van der Waals surface area contributed by atoms with Crippen molar-refractivity contribution in [3.8, 4) is 0 Å². The molecule has 0 saturated carbocycles. The molecule has 16 heavy (non-hydrogen) atoms. The lowest BCUT2D eigenvalue weighted by atomic mass is 10.0. The normalized spacial score (nSPS) is 25.2. The molecule has 1 aromatic rings. The Hall–Kier alpha value is 0.580. The summed E-state index contributed by atoms with van der Waals surface area (Å²) in [6, 6.07) is 2.16. The number of rotatable bonds is 4. The molecule has 1 fully saturated rings.